The maximum Gasteiger partial charge on any atom is 0.322 e. The van der Waals surface area contributed by atoms with Gasteiger partial charge in [-0.2, -0.15) is 5.10 Å². The number of fused-ring (bicyclic) bond motifs is 1. The summed E-state index contributed by atoms with van der Waals surface area (Å²) < 4.78 is 29.5. The molecule has 0 radical (unpaired) electrons. The van der Waals surface area contributed by atoms with E-state index in [1.807, 2.05) is 11.8 Å². The van der Waals surface area contributed by atoms with E-state index >= 15 is 0 Å². The van der Waals surface area contributed by atoms with E-state index in [1.165, 1.54) is 29.5 Å². The molecule has 182 valence electrons. The fourth-order valence-electron chi connectivity index (χ4n) is 4.71. The summed E-state index contributed by atoms with van der Waals surface area (Å²) in [5, 5.41) is 27.2. The minimum Gasteiger partial charge on any atom is -0.389 e. The minimum absolute atomic E-state index is 0.110. The SMILES string of the molecule is BC1(B)CC(O)C(B)(O)N1C(=O)Nc1cnn2ccc(N(CCC)Cc3cc(F)ccc3F)nc12. The normalized spacial score (nSPS) is 21.4. The Morgan fingerprint density at radius 2 is 2.06 bits per heavy atom. The second-order valence-corrected chi connectivity index (χ2v) is 9.66. The molecule has 14 heteroatoms. The van der Waals surface area contributed by atoms with Gasteiger partial charge in [-0.25, -0.2) is 23.1 Å². The topological polar surface area (TPSA) is 106 Å². The number of nitrogens with one attached hydrogen (secondary N) is 1. The molecular weight excluding hydrogens is 455 g/mol. The number of carbonyl (C=O) groups is 1. The number of hydrogen-bond donors (Lipinski definition) is 3. The highest BCUT2D eigenvalue weighted by atomic mass is 19.1. The zero-order valence-corrected chi connectivity index (χ0v) is 20.2. The Labute approximate surface area is 204 Å². The van der Waals surface area contributed by atoms with Crippen LogP contribution >= 0.6 is 0 Å². The van der Waals surface area contributed by atoms with E-state index < -0.39 is 34.7 Å². The lowest BCUT2D eigenvalue weighted by Gasteiger charge is -2.40. The Bertz CT molecular complexity index is 1260. The number of aliphatic hydroxyl groups is 2. The Morgan fingerprint density at radius 3 is 2.71 bits per heavy atom. The van der Waals surface area contributed by atoms with Gasteiger partial charge in [0.05, 0.1) is 12.3 Å². The molecule has 35 heavy (non-hydrogen) atoms. The van der Waals surface area contributed by atoms with Crippen LogP contribution in [0.25, 0.3) is 5.65 Å². The Morgan fingerprint density at radius 1 is 1.31 bits per heavy atom. The van der Waals surface area contributed by atoms with Crippen LogP contribution in [0, 0.1) is 11.6 Å². The number of likely N-dealkylation sites (tertiary alicyclic amines) is 1. The van der Waals surface area contributed by atoms with Crippen LogP contribution < -0.4 is 10.2 Å². The van der Waals surface area contributed by atoms with Gasteiger partial charge >= 0.3 is 6.03 Å². The second-order valence-electron chi connectivity index (χ2n) is 9.66. The molecule has 0 aliphatic carbocycles. The fourth-order valence-corrected chi connectivity index (χ4v) is 4.71. The first-order chi connectivity index (χ1) is 16.4. The molecule has 2 aromatic heterocycles. The van der Waals surface area contributed by atoms with Gasteiger partial charge in [0.25, 0.3) is 0 Å². The third-order valence-electron chi connectivity index (χ3n) is 6.37. The molecule has 1 fully saturated rings. The first-order valence-electron chi connectivity index (χ1n) is 11.5. The predicted octanol–water partition coefficient (Wildman–Crippen LogP) is -0.778. The van der Waals surface area contributed by atoms with E-state index in [-0.39, 0.29) is 18.5 Å². The number of carbonyl (C=O) groups excluding carboxylic acids is 1. The van der Waals surface area contributed by atoms with Crippen LogP contribution in [0.15, 0.2) is 36.7 Å². The number of aromatic nitrogens is 3. The highest BCUT2D eigenvalue weighted by Gasteiger charge is 2.54. The first kappa shape index (κ1) is 25.0. The number of nitrogens with zero attached hydrogens (tertiary/aromatic N) is 5. The quantitative estimate of drug-likeness (QED) is 0.399. The monoisotopic (exact) mass is 482 g/mol. The molecule has 3 aromatic rings. The van der Waals surface area contributed by atoms with Crippen LogP contribution in [0.1, 0.15) is 25.3 Å². The maximum absolute atomic E-state index is 14.3. The molecule has 1 aromatic carbocycles. The number of rotatable bonds is 6. The van der Waals surface area contributed by atoms with Crippen molar-refractivity contribution >= 4 is 46.7 Å². The van der Waals surface area contributed by atoms with Crippen molar-refractivity contribution in [1.29, 1.82) is 0 Å². The minimum atomic E-state index is -1.75. The summed E-state index contributed by atoms with van der Waals surface area (Å²) in [6, 6.07) is 4.45. The average Bonchev–Trinajstić information content (AvgIpc) is 3.23. The van der Waals surface area contributed by atoms with E-state index in [0.717, 1.165) is 18.6 Å². The molecule has 2 unspecified atom stereocenters. The summed E-state index contributed by atoms with van der Waals surface area (Å²) in [6.45, 7) is 2.62. The third kappa shape index (κ3) is 4.72. The molecule has 1 saturated heterocycles. The number of amides is 2. The van der Waals surface area contributed by atoms with Gasteiger partial charge in [-0.1, -0.05) is 6.92 Å². The van der Waals surface area contributed by atoms with Crippen LogP contribution in [-0.4, -0.2) is 82.9 Å². The Balaban J connectivity index is 1.64. The Hall–Kier alpha value is -3.12. The number of urea groups is 1. The average molecular weight is 482 g/mol. The highest BCUT2D eigenvalue weighted by Crippen LogP contribution is 2.35. The van der Waals surface area contributed by atoms with Crippen molar-refractivity contribution in [2.24, 2.45) is 0 Å². The zero-order valence-electron chi connectivity index (χ0n) is 20.2. The maximum atomic E-state index is 14.3. The molecule has 2 amide bonds. The van der Waals surface area contributed by atoms with Crippen LogP contribution in [0.3, 0.4) is 0 Å². The van der Waals surface area contributed by atoms with E-state index in [9.17, 15) is 23.8 Å². The van der Waals surface area contributed by atoms with Gasteiger partial charge in [0.2, 0.25) is 0 Å². The zero-order chi connectivity index (χ0) is 25.5. The largest absolute Gasteiger partial charge is 0.389 e. The molecule has 2 atom stereocenters. The van der Waals surface area contributed by atoms with Gasteiger partial charge in [0, 0.05) is 24.8 Å². The number of hydrogen-bond acceptors (Lipinski definition) is 6. The van der Waals surface area contributed by atoms with Crippen LogP contribution in [-0.2, 0) is 6.54 Å². The number of aliphatic hydroxyl groups excluding tert-OH is 1. The molecule has 3 N–H and O–H groups in total. The number of anilines is 2. The van der Waals surface area contributed by atoms with Gasteiger partial charge < -0.3 is 25.3 Å². The molecule has 9 nitrogen and oxygen atoms in total. The van der Waals surface area contributed by atoms with Crippen molar-refractivity contribution in [3.8, 4) is 0 Å². The molecule has 4 rings (SSSR count). The molecular formula is C21H27B3F2N6O3. The smallest absolute Gasteiger partial charge is 0.322 e. The molecule has 3 heterocycles. The van der Waals surface area contributed by atoms with Gasteiger partial charge in [-0.05, 0) is 42.4 Å². The second kappa shape index (κ2) is 9.16. The highest BCUT2D eigenvalue weighted by molar-refractivity contribution is 6.42. The van der Waals surface area contributed by atoms with Crippen LogP contribution in [0.5, 0.6) is 0 Å². The van der Waals surface area contributed by atoms with Gasteiger partial charge in [0.15, 0.2) is 13.5 Å². The van der Waals surface area contributed by atoms with Crippen LogP contribution in [0.2, 0.25) is 0 Å². The lowest BCUT2D eigenvalue weighted by atomic mass is 9.60. The summed E-state index contributed by atoms with van der Waals surface area (Å²) in [6.07, 6.45) is 2.97. The van der Waals surface area contributed by atoms with Crippen molar-refractivity contribution in [1.82, 2.24) is 19.5 Å². The summed E-state index contributed by atoms with van der Waals surface area (Å²) >= 11 is 0. The Kier molecular flexibility index (Phi) is 6.54. The van der Waals surface area contributed by atoms with Crippen LogP contribution in [0.4, 0.5) is 25.1 Å². The summed E-state index contributed by atoms with van der Waals surface area (Å²) in [7, 11) is 4.92. The van der Waals surface area contributed by atoms with Crippen molar-refractivity contribution in [3.05, 3.63) is 53.9 Å². The lowest BCUT2D eigenvalue weighted by molar-refractivity contribution is -0.0567. The van der Waals surface area contributed by atoms with Crippen molar-refractivity contribution in [3.63, 3.8) is 0 Å². The number of halogens is 2. The molecule has 0 spiro atoms. The van der Waals surface area contributed by atoms with Gasteiger partial charge in [-0.3, -0.25) is 0 Å². The van der Waals surface area contributed by atoms with E-state index in [2.05, 4.69) is 15.4 Å². The molecule has 0 saturated carbocycles. The van der Waals surface area contributed by atoms with E-state index in [1.54, 1.807) is 28.0 Å². The molecule has 1 aliphatic rings. The molecule has 1 aliphatic heterocycles. The number of benzene rings is 1. The fraction of sp³-hybridized carbons (Fsp3) is 0.381. The summed E-state index contributed by atoms with van der Waals surface area (Å²) in [5.74, 6) is -0.524. The van der Waals surface area contributed by atoms with Crippen molar-refractivity contribution in [2.75, 3.05) is 16.8 Å². The van der Waals surface area contributed by atoms with Gasteiger partial charge in [-0.15, -0.1) is 0 Å². The third-order valence-corrected chi connectivity index (χ3v) is 6.37. The van der Waals surface area contributed by atoms with E-state index in [4.69, 9.17) is 0 Å². The molecule has 0 bridgehead atoms. The first-order valence-corrected chi connectivity index (χ1v) is 11.5. The standard InChI is InChI=1S/C21H27B3F2N6O3/c1-2-6-30(11-12-8-13(25)3-4-14(12)26)17-5-7-31-18(29-17)15(10-27-31)28-19(34)32-20(22,23)9-16(33)21(32,24)35/h3-5,7-8,10,16,33,35H,2,6,9,11,22-24H2,1H3,(H,28,34). The summed E-state index contributed by atoms with van der Waals surface area (Å²) in [5.41, 5.74) is -0.895. The van der Waals surface area contributed by atoms with Gasteiger partial charge in [0.1, 0.15) is 44.5 Å². The van der Waals surface area contributed by atoms with E-state index in [0.29, 0.717) is 23.7 Å². The summed E-state index contributed by atoms with van der Waals surface area (Å²) in [4.78, 5) is 20.8. The predicted molar refractivity (Wildman–Crippen MR) is 135 cm³/mol. The lowest BCUT2D eigenvalue weighted by Crippen LogP contribution is -2.61. The van der Waals surface area contributed by atoms with Crippen molar-refractivity contribution in [2.45, 2.75) is 43.4 Å². The van der Waals surface area contributed by atoms with Crippen molar-refractivity contribution < 1.29 is 23.8 Å².